The van der Waals surface area contributed by atoms with E-state index in [-0.39, 0.29) is 16.3 Å². The van der Waals surface area contributed by atoms with E-state index in [2.05, 4.69) is 0 Å². The zero-order chi connectivity index (χ0) is 15.4. The number of carbonyl (C=O) groups excluding carboxylic acids is 2. The number of Topliss-reactive ketones (excluding diaryl/α,β-unsaturated/α-hetero) is 1. The molecule has 0 aliphatic heterocycles. The second-order valence-corrected chi connectivity index (χ2v) is 4.88. The molecule has 0 fully saturated rings. The standard InChI is InChI=1S/C14H9Cl2NO4/c15-9-4-5-10(11(16)7-9)13(18)8-21-14(19)12-3-1-2-6-17(12)20/h1-7H,8H2. The number of ketones is 1. The van der Waals surface area contributed by atoms with Crippen LogP contribution < -0.4 is 4.73 Å². The highest BCUT2D eigenvalue weighted by atomic mass is 35.5. The van der Waals surface area contributed by atoms with Crippen LogP contribution in [0.25, 0.3) is 0 Å². The molecule has 0 saturated heterocycles. The molecule has 1 heterocycles. The van der Waals surface area contributed by atoms with Crippen LogP contribution in [-0.2, 0) is 4.74 Å². The summed E-state index contributed by atoms with van der Waals surface area (Å²) in [6.07, 6.45) is 1.16. The van der Waals surface area contributed by atoms with Crippen LogP contribution in [0.4, 0.5) is 0 Å². The molecule has 7 heteroatoms. The minimum absolute atomic E-state index is 0.169. The molecular weight excluding hydrogens is 317 g/mol. The van der Waals surface area contributed by atoms with E-state index >= 15 is 0 Å². The average Bonchev–Trinajstić information content (AvgIpc) is 2.45. The van der Waals surface area contributed by atoms with E-state index in [9.17, 15) is 14.8 Å². The van der Waals surface area contributed by atoms with Gasteiger partial charge in [0.25, 0.3) is 0 Å². The van der Waals surface area contributed by atoms with Gasteiger partial charge in [0.1, 0.15) is 0 Å². The summed E-state index contributed by atoms with van der Waals surface area (Å²) in [7, 11) is 0. The number of carbonyl (C=O) groups is 2. The third-order valence-corrected chi connectivity index (χ3v) is 3.15. The van der Waals surface area contributed by atoms with Gasteiger partial charge in [-0.15, -0.1) is 0 Å². The second-order valence-electron chi connectivity index (χ2n) is 4.04. The van der Waals surface area contributed by atoms with Crippen molar-refractivity contribution < 1.29 is 19.1 Å². The molecule has 2 rings (SSSR count). The maximum absolute atomic E-state index is 11.9. The van der Waals surface area contributed by atoms with Crippen molar-refractivity contribution in [2.24, 2.45) is 0 Å². The molecule has 0 spiro atoms. The number of hydrogen-bond acceptors (Lipinski definition) is 4. The first kappa shape index (κ1) is 15.3. The topological polar surface area (TPSA) is 70.3 Å². The summed E-state index contributed by atoms with van der Waals surface area (Å²) in [5.41, 5.74) is -0.00979. The fourth-order valence-electron chi connectivity index (χ4n) is 1.58. The zero-order valence-electron chi connectivity index (χ0n) is 10.6. The fourth-order valence-corrected chi connectivity index (χ4v) is 2.10. The summed E-state index contributed by atoms with van der Waals surface area (Å²) in [5, 5.41) is 11.9. The maximum Gasteiger partial charge on any atom is 0.405 e. The van der Waals surface area contributed by atoms with E-state index in [1.807, 2.05) is 0 Å². The van der Waals surface area contributed by atoms with E-state index in [1.165, 1.54) is 36.4 Å². The van der Waals surface area contributed by atoms with Gasteiger partial charge in [0.2, 0.25) is 5.78 Å². The van der Waals surface area contributed by atoms with Crippen LogP contribution in [-0.4, -0.2) is 18.4 Å². The Morgan fingerprint density at radius 1 is 1.19 bits per heavy atom. The lowest BCUT2D eigenvalue weighted by Crippen LogP contribution is -2.35. The highest BCUT2D eigenvalue weighted by Crippen LogP contribution is 2.21. The van der Waals surface area contributed by atoms with Crippen LogP contribution in [0, 0.1) is 5.21 Å². The molecule has 0 unspecified atom stereocenters. The Balaban J connectivity index is 2.04. The molecule has 21 heavy (non-hydrogen) atoms. The largest absolute Gasteiger partial charge is 0.618 e. The number of hydrogen-bond donors (Lipinski definition) is 0. The van der Waals surface area contributed by atoms with Crippen molar-refractivity contribution in [1.29, 1.82) is 0 Å². The number of aromatic nitrogens is 1. The number of benzene rings is 1. The molecule has 0 aliphatic carbocycles. The highest BCUT2D eigenvalue weighted by molar-refractivity contribution is 6.36. The maximum atomic E-state index is 11.9. The molecular formula is C14H9Cl2NO4. The molecule has 0 atom stereocenters. The SMILES string of the molecule is O=C(COC(=O)c1cccc[n+]1[O-])c1ccc(Cl)cc1Cl. The van der Waals surface area contributed by atoms with Crippen LogP contribution in [0.2, 0.25) is 10.0 Å². The first-order valence-electron chi connectivity index (χ1n) is 5.82. The van der Waals surface area contributed by atoms with Crippen molar-refractivity contribution >= 4 is 35.0 Å². The third-order valence-electron chi connectivity index (χ3n) is 2.60. The van der Waals surface area contributed by atoms with Crippen LogP contribution in [0.5, 0.6) is 0 Å². The molecule has 0 radical (unpaired) electrons. The van der Waals surface area contributed by atoms with Gasteiger partial charge in [-0.1, -0.05) is 23.2 Å². The normalized spacial score (nSPS) is 10.2. The van der Waals surface area contributed by atoms with E-state index in [0.717, 1.165) is 6.20 Å². The fraction of sp³-hybridized carbons (Fsp3) is 0.0714. The summed E-state index contributed by atoms with van der Waals surface area (Å²) in [4.78, 5) is 23.6. The van der Waals surface area contributed by atoms with Gasteiger partial charge in [0, 0.05) is 22.7 Å². The number of nitrogens with zero attached hydrogens (tertiary/aromatic N) is 1. The first-order chi connectivity index (χ1) is 9.99. The number of rotatable bonds is 4. The first-order valence-corrected chi connectivity index (χ1v) is 6.58. The van der Waals surface area contributed by atoms with Crippen LogP contribution >= 0.6 is 23.2 Å². The highest BCUT2D eigenvalue weighted by Gasteiger charge is 2.19. The summed E-state index contributed by atoms with van der Waals surface area (Å²) in [5.74, 6) is -1.37. The molecule has 0 aliphatic rings. The van der Waals surface area contributed by atoms with Crippen LogP contribution in [0.15, 0.2) is 42.6 Å². The minimum Gasteiger partial charge on any atom is -0.618 e. The average molecular weight is 326 g/mol. The van der Waals surface area contributed by atoms with Crippen molar-refractivity contribution in [3.63, 3.8) is 0 Å². The van der Waals surface area contributed by atoms with Crippen molar-refractivity contribution in [3.05, 3.63) is 69.1 Å². The van der Waals surface area contributed by atoms with E-state index in [4.69, 9.17) is 27.9 Å². The van der Waals surface area contributed by atoms with Gasteiger partial charge in [0.15, 0.2) is 12.8 Å². The number of halogens is 2. The summed E-state index contributed by atoms with van der Waals surface area (Å²) < 4.78 is 5.17. The number of esters is 1. The quantitative estimate of drug-likeness (QED) is 0.375. The summed E-state index contributed by atoms with van der Waals surface area (Å²) >= 11 is 11.6. The van der Waals surface area contributed by atoms with E-state index < -0.39 is 18.4 Å². The molecule has 5 nitrogen and oxygen atoms in total. The Kier molecular flexibility index (Phi) is 4.77. The van der Waals surface area contributed by atoms with Crippen molar-refractivity contribution in [1.82, 2.24) is 0 Å². The molecule has 1 aromatic carbocycles. The third kappa shape index (κ3) is 3.71. The van der Waals surface area contributed by atoms with Crippen molar-refractivity contribution in [3.8, 4) is 0 Å². The van der Waals surface area contributed by atoms with Crippen LogP contribution in [0.3, 0.4) is 0 Å². The molecule has 108 valence electrons. The molecule has 0 bridgehead atoms. The second kappa shape index (κ2) is 6.56. The molecule has 1 aromatic heterocycles. The monoisotopic (exact) mass is 325 g/mol. The number of ether oxygens (including phenoxy) is 1. The van der Waals surface area contributed by atoms with E-state index in [0.29, 0.717) is 9.75 Å². The molecule has 0 N–H and O–H groups in total. The minimum atomic E-state index is -0.885. The molecule has 0 amide bonds. The van der Waals surface area contributed by atoms with Gasteiger partial charge in [-0.05, 0) is 24.3 Å². The molecule has 0 saturated carbocycles. The summed E-state index contributed by atoms with van der Waals surface area (Å²) in [6, 6.07) is 8.66. The predicted molar refractivity (Wildman–Crippen MR) is 76.5 cm³/mol. The number of pyridine rings is 1. The Hall–Kier alpha value is -2.11. The van der Waals surface area contributed by atoms with Gasteiger partial charge in [-0.3, -0.25) is 4.79 Å². The predicted octanol–water partition coefficient (Wildman–Crippen LogP) is 2.67. The lowest BCUT2D eigenvalue weighted by atomic mass is 10.1. The lowest BCUT2D eigenvalue weighted by molar-refractivity contribution is -0.608. The van der Waals surface area contributed by atoms with Gasteiger partial charge in [0.05, 0.1) is 5.02 Å². The smallest absolute Gasteiger partial charge is 0.405 e. The van der Waals surface area contributed by atoms with Crippen LogP contribution in [0.1, 0.15) is 20.8 Å². The summed E-state index contributed by atoms with van der Waals surface area (Å²) in [6.45, 7) is -0.519. The van der Waals surface area contributed by atoms with Gasteiger partial charge in [-0.25, -0.2) is 4.79 Å². The Morgan fingerprint density at radius 2 is 1.95 bits per heavy atom. The zero-order valence-corrected chi connectivity index (χ0v) is 12.1. The Labute approximate surface area is 130 Å². The van der Waals surface area contributed by atoms with Gasteiger partial charge < -0.3 is 9.94 Å². The van der Waals surface area contributed by atoms with Crippen molar-refractivity contribution in [2.45, 2.75) is 0 Å². The van der Waals surface area contributed by atoms with Gasteiger partial charge in [-0.2, -0.15) is 4.73 Å². The molecule has 2 aromatic rings. The van der Waals surface area contributed by atoms with Crippen molar-refractivity contribution in [2.75, 3.05) is 6.61 Å². The van der Waals surface area contributed by atoms with E-state index in [1.54, 1.807) is 0 Å². The Bertz CT molecular complexity index is 703. The lowest BCUT2D eigenvalue weighted by Gasteiger charge is -2.06. The van der Waals surface area contributed by atoms with Gasteiger partial charge >= 0.3 is 11.7 Å². The Morgan fingerprint density at radius 3 is 2.62 bits per heavy atom.